The molecule has 0 aliphatic rings. The third kappa shape index (κ3) is 8.15. The van der Waals surface area contributed by atoms with Crippen molar-refractivity contribution in [1.29, 1.82) is 0 Å². The zero-order valence-electron chi connectivity index (χ0n) is 16.8. The molecule has 6 nitrogen and oxygen atoms in total. The quantitative estimate of drug-likeness (QED) is 0.316. The van der Waals surface area contributed by atoms with E-state index in [1.807, 2.05) is 12.1 Å². The summed E-state index contributed by atoms with van der Waals surface area (Å²) in [6.45, 7) is 3.13. The van der Waals surface area contributed by atoms with Gasteiger partial charge in [-0.1, -0.05) is 32.3 Å². The van der Waals surface area contributed by atoms with E-state index in [0.29, 0.717) is 24.6 Å². The van der Waals surface area contributed by atoms with E-state index in [1.165, 1.54) is 13.2 Å². The van der Waals surface area contributed by atoms with Crippen LogP contribution in [0.5, 0.6) is 11.5 Å². The molecule has 1 amide bonds. The van der Waals surface area contributed by atoms with Crippen molar-refractivity contribution in [2.24, 2.45) is 0 Å². The van der Waals surface area contributed by atoms with Crippen LogP contribution in [0.25, 0.3) is 6.08 Å². The summed E-state index contributed by atoms with van der Waals surface area (Å²) >= 11 is 0. The van der Waals surface area contributed by atoms with Crippen LogP contribution in [0.2, 0.25) is 0 Å². The van der Waals surface area contributed by atoms with Gasteiger partial charge in [-0.15, -0.1) is 0 Å². The van der Waals surface area contributed by atoms with Crippen LogP contribution in [0.1, 0.15) is 44.6 Å². The Labute approximate surface area is 162 Å². The second-order valence-corrected chi connectivity index (χ2v) is 6.16. The summed E-state index contributed by atoms with van der Waals surface area (Å²) in [7, 11) is 4.50. The Balaban J connectivity index is 2.77. The van der Waals surface area contributed by atoms with Gasteiger partial charge in [0, 0.05) is 19.2 Å². The lowest BCUT2D eigenvalue weighted by molar-refractivity contribution is -0.141. The Morgan fingerprint density at radius 1 is 1.00 bits per heavy atom. The maximum atomic E-state index is 12.6. The number of nitrogens with zero attached hydrogens (tertiary/aromatic N) is 1. The summed E-state index contributed by atoms with van der Waals surface area (Å²) in [6, 6.07) is 5.45. The van der Waals surface area contributed by atoms with Crippen molar-refractivity contribution < 1.29 is 23.8 Å². The Hall–Kier alpha value is -2.50. The van der Waals surface area contributed by atoms with Crippen molar-refractivity contribution in [2.75, 3.05) is 34.4 Å². The summed E-state index contributed by atoms with van der Waals surface area (Å²) in [5.41, 5.74) is 0.833. The lowest BCUT2D eigenvalue weighted by atomic mass is 10.1. The molecule has 0 radical (unpaired) electrons. The van der Waals surface area contributed by atoms with Crippen molar-refractivity contribution in [1.82, 2.24) is 4.90 Å². The van der Waals surface area contributed by atoms with Gasteiger partial charge in [-0.25, -0.2) is 0 Å². The monoisotopic (exact) mass is 377 g/mol. The van der Waals surface area contributed by atoms with Gasteiger partial charge >= 0.3 is 5.97 Å². The van der Waals surface area contributed by atoms with Gasteiger partial charge in [-0.05, 0) is 30.2 Å². The van der Waals surface area contributed by atoms with Gasteiger partial charge in [-0.2, -0.15) is 0 Å². The Morgan fingerprint density at radius 2 is 1.74 bits per heavy atom. The highest BCUT2D eigenvalue weighted by Gasteiger charge is 2.13. The molecule has 0 aromatic heterocycles. The first kappa shape index (κ1) is 22.5. The molecule has 0 spiro atoms. The van der Waals surface area contributed by atoms with Crippen LogP contribution < -0.4 is 9.47 Å². The lowest BCUT2D eigenvalue weighted by Gasteiger charge is -2.20. The molecule has 0 fully saturated rings. The molecule has 0 unspecified atom stereocenters. The topological polar surface area (TPSA) is 65.1 Å². The minimum absolute atomic E-state index is 0.120. The molecule has 0 atom stereocenters. The molecule has 0 heterocycles. The number of methoxy groups -OCH3 is 3. The van der Waals surface area contributed by atoms with Crippen molar-refractivity contribution in [3.05, 3.63) is 29.8 Å². The smallest absolute Gasteiger partial charge is 0.307 e. The molecular formula is C21H31NO5. The van der Waals surface area contributed by atoms with E-state index in [9.17, 15) is 9.59 Å². The molecular weight excluding hydrogens is 346 g/mol. The van der Waals surface area contributed by atoms with Crippen LogP contribution in [0, 0.1) is 0 Å². The molecule has 0 saturated heterocycles. The number of carbonyl (C=O) groups excluding carboxylic acids is 2. The highest BCUT2D eigenvalue weighted by molar-refractivity contribution is 5.92. The van der Waals surface area contributed by atoms with Crippen LogP contribution in [0.4, 0.5) is 0 Å². The fraction of sp³-hybridized carbons (Fsp3) is 0.524. The Morgan fingerprint density at radius 3 is 2.37 bits per heavy atom. The number of esters is 1. The highest BCUT2D eigenvalue weighted by Crippen LogP contribution is 2.28. The standard InChI is InChI=1S/C21H31NO5/c1-5-6-7-8-14-22(15-13-21(24)27-4)20(23)12-10-17-9-11-18(25-2)19(16-17)26-3/h9-12,16H,5-8,13-15H2,1-4H3/b12-10+. The SMILES string of the molecule is CCCCCCN(CCC(=O)OC)C(=O)/C=C/c1ccc(OC)c(OC)c1. The minimum Gasteiger partial charge on any atom is -0.493 e. The fourth-order valence-electron chi connectivity index (χ4n) is 2.62. The van der Waals surface area contributed by atoms with Crippen molar-refractivity contribution in [3.8, 4) is 11.5 Å². The van der Waals surface area contributed by atoms with Gasteiger partial charge < -0.3 is 19.1 Å². The third-order valence-electron chi connectivity index (χ3n) is 4.23. The van der Waals surface area contributed by atoms with E-state index >= 15 is 0 Å². The molecule has 0 bridgehead atoms. The van der Waals surface area contributed by atoms with Crippen LogP contribution in [-0.2, 0) is 14.3 Å². The lowest BCUT2D eigenvalue weighted by Crippen LogP contribution is -2.32. The first-order valence-corrected chi connectivity index (χ1v) is 9.31. The Kier molecular flexibility index (Phi) is 10.7. The summed E-state index contributed by atoms with van der Waals surface area (Å²) in [5.74, 6) is 0.807. The van der Waals surface area contributed by atoms with Gasteiger partial charge in [-0.3, -0.25) is 9.59 Å². The number of unbranched alkanes of at least 4 members (excludes halogenated alkanes) is 3. The molecule has 0 saturated carbocycles. The molecule has 0 aliphatic heterocycles. The number of ether oxygens (including phenoxy) is 3. The molecule has 150 valence electrons. The summed E-state index contributed by atoms with van der Waals surface area (Å²) in [4.78, 5) is 25.7. The first-order chi connectivity index (χ1) is 13.0. The average Bonchev–Trinajstić information content (AvgIpc) is 2.70. The summed E-state index contributed by atoms with van der Waals surface area (Å²) in [5, 5.41) is 0. The number of hydrogen-bond donors (Lipinski definition) is 0. The van der Waals surface area contributed by atoms with E-state index in [2.05, 4.69) is 11.7 Å². The van der Waals surface area contributed by atoms with Gasteiger partial charge in [0.15, 0.2) is 11.5 Å². The van der Waals surface area contributed by atoms with Crippen LogP contribution in [-0.4, -0.2) is 51.2 Å². The van der Waals surface area contributed by atoms with Crippen LogP contribution >= 0.6 is 0 Å². The van der Waals surface area contributed by atoms with Gasteiger partial charge in [0.05, 0.1) is 27.8 Å². The first-order valence-electron chi connectivity index (χ1n) is 9.31. The van der Waals surface area contributed by atoms with Crippen molar-refractivity contribution in [3.63, 3.8) is 0 Å². The second-order valence-electron chi connectivity index (χ2n) is 6.16. The van der Waals surface area contributed by atoms with E-state index in [4.69, 9.17) is 9.47 Å². The van der Waals surface area contributed by atoms with Crippen LogP contribution in [0.3, 0.4) is 0 Å². The largest absolute Gasteiger partial charge is 0.493 e. The molecule has 6 heteroatoms. The number of benzene rings is 1. The fourth-order valence-corrected chi connectivity index (χ4v) is 2.62. The number of hydrogen-bond acceptors (Lipinski definition) is 5. The van der Waals surface area contributed by atoms with E-state index in [0.717, 1.165) is 31.2 Å². The number of carbonyl (C=O) groups is 2. The van der Waals surface area contributed by atoms with E-state index < -0.39 is 0 Å². The number of amides is 1. The normalized spacial score (nSPS) is 10.7. The molecule has 0 N–H and O–H groups in total. The minimum atomic E-state index is -0.315. The van der Waals surface area contributed by atoms with E-state index in [1.54, 1.807) is 31.3 Å². The highest BCUT2D eigenvalue weighted by atomic mass is 16.5. The van der Waals surface area contributed by atoms with E-state index in [-0.39, 0.29) is 18.3 Å². The maximum Gasteiger partial charge on any atom is 0.307 e. The van der Waals surface area contributed by atoms with Gasteiger partial charge in [0.1, 0.15) is 0 Å². The maximum absolute atomic E-state index is 12.6. The summed E-state index contributed by atoms with van der Waals surface area (Å²) in [6.07, 6.45) is 7.72. The molecule has 27 heavy (non-hydrogen) atoms. The van der Waals surface area contributed by atoms with Gasteiger partial charge in [0.25, 0.3) is 0 Å². The predicted octanol–water partition coefficient (Wildman–Crippen LogP) is 3.69. The van der Waals surface area contributed by atoms with Gasteiger partial charge in [0.2, 0.25) is 5.91 Å². The molecule has 0 aliphatic carbocycles. The molecule has 1 rings (SSSR count). The number of rotatable bonds is 12. The molecule has 1 aromatic rings. The second kappa shape index (κ2) is 12.8. The zero-order valence-corrected chi connectivity index (χ0v) is 16.8. The van der Waals surface area contributed by atoms with Crippen molar-refractivity contribution in [2.45, 2.75) is 39.0 Å². The Bertz CT molecular complexity index is 627. The molecule has 1 aromatic carbocycles. The van der Waals surface area contributed by atoms with Crippen LogP contribution in [0.15, 0.2) is 24.3 Å². The summed E-state index contributed by atoms with van der Waals surface area (Å²) < 4.78 is 15.2. The van der Waals surface area contributed by atoms with Crippen molar-refractivity contribution >= 4 is 18.0 Å². The predicted molar refractivity (Wildman–Crippen MR) is 106 cm³/mol. The average molecular weight is 377 g/mol. The third-order valence-corrected chi connectivity index (χ3v) is 4.23. The zero-order chi connectivity index (χ0) is 20.1.